The molecule has 1 aromatic carbocycles. The molecule has 0 aromatic heterocycles. The van der Waals surface area contributed by atoms with Crippen molar-refractivity contribution < 1.29 is 9.53 Å². The third-order valence-corrected chi connectivity index (χ3v) is 3.93. The summed E-state index contributed by atoms with van der Waals surface area (Å²) in [7, 11) is 0. The van der Waals surface area contributed by atoms with Crippen LogP contribution in [0.1, 0.15) is 31.2 Å². The van der Waals surface area contributed by atoms with E-state index in [4.69, 9.17) is 10.5 Å². The Labute approximate surface area is 132 Å². The summed E-state index contributed by atoms with van der Waals surface area (Å²) in [5.41, 5.74) is 7.26. The van der Waals surface area contributed by atoms with Crippen LogP contribution in [0.3, 0.4) is 0 Å². The van der Waals surface area contributed by atoms with Gasteiger partial charge in [0.15, 0.2) is 0 Å². The zero-order valence-electron chi connectivity index (χ0n) is 13.4. The van der Waals surface area contributed by atoms with Crippen molar-refractivity contribution in [2.45, 2.75) is 32.6 Å². The maximum absolute atomic E-state index is 11.7. The number of hydrogen-bond acceptors (Lipinski definition) is 4. The molecule has 0 bridgehead atoms. The molecule has 2 rings (SSSR count). The van der Waals surface area contributed by atoms with Crippen molar-refractivity contribution in [2.75, 3.05) is 38.1 Å². The monoisotopic (exact) mass is 305 g/mol. The first-order valence-electron chi connectivity index (χ1n) is 8.15. The van der Waals surface area contributed by atoms with Gasteiger partial charge in [-0.15, -0.1) is 0 Å². The molecule has 0 saturated carbocycles. The van der Waals surface area contributed by atoms with Crippen molar-refractivity contribution in [1.82, 2.24) is 4.90 Å². The first kappa shape index (κ1) is 16.8. The number of carbonyl (C=O) groups is 1. The van der Waals surface area contributed by atoms with Crippen molar-refractivity contribution in [3.63, 3.8) is 0 Å². The fraction of sp³-hybridized carbons (Fsp3) is 0.588. The van der Waals surface area contributed by atoms with Crippen molar-refractivity contribution in [3.8, 4) is 5.75 Å². The fourth-order valence-corrected chi connectivity index (χ4v) is 2.67. The number of ether oxygens (including phenoxy) is 1. The lowest BCUT2D eigenvalue weighted by atomic mass is 10.2. The average Bonchev–Trinajstić information content (AvgIpc) is 3.00. The maximum Gasteiger partial charge on any atom is 0.224 e. The molecule has 22 heavy (non-hydrogen) atoms. The van der Waals surface area contributed by atoms with Crippen LogP contribution in [-0.2, 0) is 4.79 Å². The number of anilines is 1. The Morgan fingerprint density at radius 3 is 2.82 bits per heavy atom. The Bertz CT molecular complexity index is 485. The van der Waals surface area contributed by atoms with E-state index in [1.807, 2.05) is 25.1 Å². The van der Waals surface area contributed by atoms with E-state index < -0.39 is 0 Å². The van der Waals surface area contributed by atoms with Crippen LogP contribution in [0.5, 0.6) is 5.75 Å². The Hall–Kier alpha value is -1.59. The van der Waals surface area contributed by atoms with Gasteiger partial charge in [-0.3, -0.25) is 9.69 Å². The van der Waals surface area contributed by atoms with Crippen molar-refractivity contribution in [2.24, 2.45) is 5.73 Å². The lowest BCUT2D eigenvalue weighted by Gasteiger charge is -2.16. The van der Waals surface area contributed by atoms with Gasteiger partial charge >= 0.3 is 0 Å². The first-order chi connectivity index (χ1) is 10.7. The van der Waals surface area contributed by atoms with Gasteiger partial charge in [0.25, 0.3) is 0 Å². The minimum atomic E-state index is 0.00699. The van der Waals surface area contributed by atoms with Crippen LogP contribution in [0.25, 0.3) is 0 Å². The number of nitrogens with two attached hydrogens (primary N) is 1. The largest absolute Gasteiger partial charge is 0.492 e. The summed E-state index contributed by atoms with van der Waals surface area (Å²) in [5.74, 6) is 0.895. The molecule has 1 heterocycles. The SMILES string of the molecule is Cc1cc(NC(=O)CCCN)ccc1OCCN1CCCC1. The molecule has 5 nitrogen and oxygen atoms in total. The van der Waals surface area contributed by atoms with Crippen LogP contribution in [0.4, 0.5) is 5.69 Å². The number of nitrogens with zero attached hydrogens (tertiary/aromatic N) is 1. The lowest BCUT2D eigenvalue weighted by molar-refractivity contribution is -0.116. The van der Waals surface area contributed by atoms with Crippen LogP contribution in [0.2, 0.25) is 0 Å². The van der Waals surface area contributed by atoms with Gasteiger partial charge in [-0.05, 0) is 69.6 Å². The molecule has 122 valence electrons. The number of carbonyl (C=O) groups excluding carboxylic acids is 1. The molecule has 1 amide bonds. The highest BCUT2D eigenvalue weighted by Crippen LogP contribution is 2.22. The van der Waals surface area contributed by atoms with Crippen molar-refractivity contribution >= 4 is 11.6 Å². The third kappa shape index (κ3) is 5.31. The lowest BCUT2D eigenvalue weighted by Crippen LogP contribution is -2.25. The van der Waals surface area contributed by atoms with E-state index in [2.05, 4.69) is 10.2 Å². The van der Waals surface area contributed by atoms with Crippen molar-refractivity contribution in [1.29, 1.82) is 0 Å². The molecule has 0 radical (unpaired) electrons. The Balaban J connectivity index is 1.79. The number of rotatable bonds is 8. The zero-order valence-corrected chi connectivity index (χ0v) is 13.4. The normalized spacial score (nSPS) is 15.0. The molecule has 0 unspecified atom stereocenters. The summed E-state index contributed by atoms with van der Waals surface area (Å²) in [4.78, 5) is 14.1. The fourth-order valence-electron chi connectivity index (χ4n) is 2.67. The van der Waals surface area contributed by atoms with Gasteiger partial charge in [0.1, 0.15) is 12.4 Å². The van der Waals surface area contributed by atoms with Gasteiger partial charge in [0, 0.05) is 18.7 Å². The van der Waals surface area contributed by atoms with Gasteiger partial charge in [-0.2, -0.15) is 0 Å². The van der Waals surface area contributed by atoms with E-state index in [0.717, 1.165) is 23.5 Å². The van der Waals surface area contributed by atoms with Gasteiger partial charge in [0.05, 0.1) is 0 Å². The molecule has 1 saturated heterocycles. The van der Waals surface area contributed by atoms with Crippen LogP contribution in [-0.4, -0.2) is 43.6 Å². The average molecular weight is 305 g/mol. The number of amides is 1. The highest BCUT2D eigenvalue weighted by molar-refractivity contribution is 5.90. The minimum absolute atomic E-state index is 0.00699. The molecule has 1 fully saturated rings. The van der Waals surface area contributed by atoms with Crippen LogP contribution >= 0.6 is 0 Å². The van der Waals surface area contributed by atoms with Crippen LogP contribution in [0, 0.1) is 6.92 Å². The van der Waals surface area contributed by atoms with Gasteiger partial charge in [-0.25, -0.2) is 0 Å². The van der Waals surface area contributed by atoms with E-state index in [-0.39, 0.29) is 5.91 Å². The zero-order chi connectivity index (χ0) is 15.8. The Kier molecular flexibility index (Phi) is 6.68. The quantitative estimate of drug-likeness (QED) is 0.772. The Morgan fingerprint density at radius 2 is 2.14 bits per heavy atom. The standard InChI is InChI=1S/C17H27N3O2/c1-14-13-15(19-17(21)5-4-8-18)6-7-16(14)22-12-11-20-9-2-3-10-20/h6-7,13H,2-5,8-12,18H2,1H3,(H,19,21). The second kappa shape index (κ2) is 8.76. The summed E-state index contributed by atoms with van der Waals surface area (Å²) in [6.07, 6.45) is 3.78. The molecular weight excluding hydrogens is 278 g/mol. The minimum Gasteiger partial charge on any atom is -0.492 e. The molecular formula is C17H27N3O2. The van der Waals surface area contributed by atoms with E-state index in [1.165, 1.54) is 25.9 Å². The molecule has 0 aliphatic carbocycles. The maximum atomic E-state index is 11.7. The summed E-state index contributed by atoms with van der Waals surface area (Å²) < 4.78 is 5.85. The molecule has 1 aliphatic rings. The summed E-state index contributed by atoms with van der Waals surface area (Å²) >= 11 is 0. The second-order valence-corrected chi connectivity index (χ2v) is 5.82. The van der Waals surface area contributed by atoms with Gasteiger partial charge in [-0.1, -0.05) is 0 Å². The van der Waals surface area contributed by atoms with Gasteiger partial charge < -0.3 is 15.8 Å². The first-order valence-corrected chi connectivity index (χ1v) is 8.15. The third-order valence-electron chi connectivity index (χ3n) is 3.93. The highest BCUT2D eigenvalue weighted by atomic mass is 16.5. The van der Waals surface area contributed by atoms with Gasteiger partial charge in [0.2, 0.25) is 5.91 Å². The molecule has 5 heteroatoms. The summed E-state index contributed by atoms with van der Waals surface area (Å²) in [6.45, 7) is 6.61. The van der Waals surface area contributed by atoms with E-state index >= 15 is 0 Å². The second-order valence-electron chi connectivity index (χ2n) is 5.82. The summed E-state index contributed by atoms with van der Waals surface area (Å²) in [6, 6.07) is 5.77. The number of hydrogen-bond donors (Lipinski definition) is 2. The molecule has 0 atom stereocenters. The number of aryl methyl sites for hydroxylation is 1. The van der Waals surface area contributed by atoms with E-state index in [1.54, 1.807) is 0 Å². The summed E-state index contributed by atoms with van der Waals surface area (Å²) in [5, 5.41) is 2.89. The predicted octanol–water partition coefficient (Wildman–Crippen LogP) is 2.15. The highest BCUT2D eigenvalue weighted by Gasteiger charge is 2.11. The van der Waals surface area contributed by atoms with E-state index in [0.29, 0.717) is 26.0 Å². The molecule has 3 N–H and O–H groups in total. The molecule has 0 spiro atoms. The number of benzene rings is 1. The van der Waals surface area contributed by atoms with E-state index in [9.17, 15) is 4.79 Å². The molecule has 1 aromatic rings. The number of nitrogens with one attached hydrogen (secondary N) is 1. The smallest absolute Gasteiger partial charge is 0.224 e. The molecule has 1 aliphatic heterocycles. The number of likely N-dealkylation sites (tertiary alicyclic amines) is 1. The van der Waals surface area contributed by atoms with Crippen molar-refractivity contribution in [3.05, 3.63) is 23.8 Å². The predicted molar refractivity (Wildman–Crippen MR) is 89.3 cm³/mol. The van der Waals surface area contributed by atoms with Crippen LogP contribution in [0.15, 0.2) is 18.2 Å². The van der Waals surface area contributed by atoms with Crippen LogP contribution < -0.4 is 15.8 Å². The topological polar surface area (TPSA) is 67.6 Å². The Morgan fingerprint density at radius 1 is 1.36 bits per heavy atom.